The molecule has 0 heterocycles. The van der Waals surface area contributed by atoms with Crippen molar-refractivity contribution in [1.29, 1.82) is 0 Å². The molecule has 0 unspecified atom stereocenters. The Labute approximate surface area is 140 Å². The van der Waals surface area contributed by atoms with Gasteiger partial charge in [-0.1, -0.05) is 42.5 Å². The van der Waals surface area contributed by atoms with Gasteiger partial charge in [0.05, 0.1) is 6.54 Å². The summed E-state index contributed by atoms with van der Waals surface area (Å²) in [6.45, 7) is -0.206. The van der Waals surface area contributed by atoms with Crippen LogP contribution in [0.5, 0.6) is 0 Å². The Kier molecular flexibility index (Phi) is 4.79. The molecule has 2 aromatic rings. The van der Waals surface area contributed by atoms with Crippen molar-refractivity contribution in [3.05, 3.63) is 65.7 Å². The molecule has 0 bridgehead atoms. The maximum Gasteiger partial charge on any atom is 0.322 e. The van der Waals surface area contributed by atoms with E-state index in [1.54, 1.807) is 0 Å². The highest BCUT2D eigenvalue weighted by Crippen LogP contribution is 2.28. The lowest BCUT2D eigenvalue weighted by molar-refractivity contribution is -0.137. The van der Waals surface area contributed by atoms with Gasteiger partial charge in [-0.2, -0.15) is 0 Å². The summed E-state index contributed by atoms with van der Waals surface area (Å²) in [4.78, 5) is 24.8. The smallest absolute Gasteiger partial charge is 0.322 e. The van der Waals surface area contributed by atoms with E-state index in [1.807, 2.05) is 42.5 Å². The first-order valence-electron chi connectivity index (χ1n) is 8.00. The van der Waals surface area contributed by atoms with Crippen LogP contribution in [0.25, 0.3) is 0 Å². The molecular formula is C19H20N2O3. The van der Waals surface area contributed by atoms with Crippen LogP contribution >= 0.6 is 0 Å². The highest BCUT2D eigenvalue weighted by molar-refractivity contribution is 5.85. The molecule has 0 saturated carbocycles. The number of carboxylic acid groups (broad SMARTS) is 1. The normalized spacial score (nSPS) is 13.3. The first-order valence-corrected chi connectivity index (χ1v) is 8.00. The topological polar surface area (TPSA) is 69.6 Å². The lowest BCUT2D eigenvalue weighted by atomic mass is 10.1. The molecule has 2 N–H and O–H groups in total. The third kappa shape index (κ3) is 3.74. The van der Waals surface area contributed by atoms with Crippen LogP contribution in [0.4, 0.5) is 5.69 Å². The van der Waals surface area contributed by atoms with E-state index in [0.717, 1.165) is 18.5 Å². The number of carbonyl (C=O) groups excluding carboxylic acids is 1. The van der Waals surface area contributed by atoms with E-state index in [9.17, 15) is 9.59 Å². The van der Waals surface area contributed by atoms with Crippen LogP contribution in [0.2, 0.25) is 0 Å². The molecule has 2 aromatic carbocycles. The van der Waals surface area contributed by atoms with Gasteiger partial charge in [-0.25, -0.2) is 0 Å². The van der Waals surface area contributed by atoms with Crippen molar-refractivity contribution in [2.24, 2.45) is 0 Å². The van der Waals surface area contributed by atoms with E-state index >= 15 is 0 Å². The van der Waals surface area contributed by atoms with E-state index in [-0.39, 0.29) is 25.0 Å². The van der Waals surface area contributed by atoms with Gasteiger partial charge in [0.15, 0.2) is 0 Å². The molecule has 1 aliphatic carbocycles. The molecule has 0 radical (unpaired) electrons. The van der Waals surface area contributed by atoms with Crippen molar-refractivity contribution in [3.63, 3.8) is 0 Å². The number of benzene rings is 2. The van der Waals surface area contributed by atoms with Gasteiger partial charge in [-0.3, -0.25) is 9.59 Å². The predicted molar refractivity (Wildman–Crippen MR) is 92.1 cm³/mol. The Hall–Kier alpha value is -2.82. The van der Waals surface area contributed by atoms with Gasteiger partial charge in [0.2, 0.25) is 5.91 Å². The molecule has 0 saturated heterocycles. The van der Waals surface area contributed by atoms with Gasteiger partial charge in [0.1, 0.15) is 6.54 Å². The van der Waals surface area contributed by atoms with Crippen LogP contribution in [0.1, 0.15) is 11.1 Å². The number of fused-ring (bicyclic) bond motifs is 1. The minimum Gasteiger partial charge on any atom is -0.480 e. The third-order valence-corrected chi connectivity index (χ3v) is 4.31. The van der Waals surface area contributed by atoms with Gasteiger partial charge in [0.25, 0.3) is 0 Å². The molecule has 124 valence electrons. The fourth-order valence-electron chi connectivity index (χ4n) is 3.19. The number of rotatable bonds is 6. The number of nitrogens with zero attached hydrogens (tertiary/aromatic N) is 1. The summed E-state index contributed by atoms with van der Waals surface area (Å²) in [6, 6.07) is 18.3. The van der Waals surface area contributed by atoms with Crippen molar-refractivity contribution in [2.75, 3.05) is 18.0 Å². The number of hydrogen-bond acceptors (Lipinski definition) is 3. The lowest BCUT2D eigenvalue weighted by Gasteiger charge is -2.30. The molecule has 24 heavy (non-hydrogen) atoms. The second-order valence-electron chi connectivity index (χ2n) is 5.96. The second kappa shape index (κ2) is 7.17. The summed E-state index contributed by atoms with van der Waals surface area (Å²) < 4.78 is 0. The molecule has 1 amide bonds. The maximum absolute atomic E-state index is 12.1. The predicted octanol–water partition coefficient (Wildman–Crippen LogP) is 1.86. The fraction of sp³-hybridized carbons (Fsp3) is 0.263. The van der Waals surface area contributed by atoms with Gasteiger partial charge in [-0.05, 0) is 36.1 Å². The molecule has 0 aromatic heterocycles. The Bertz CT molecular complexity index is 705. The second-order valence-corrected chi connectivity index (χ2v) is 5.96. The van der Waals surface area contributed by atoms with Gasteiger partial charge in [0, 0.05) is 11.7 Å². The van der Waals surface area contributed by atoms with Crippen LogP contribution in [0, 0.1) is 0 Å². The molecule has 0 aliphatic heterocycles. The highest BCUT2D eigenvalue weighted by Gasteiger charge is 2.28. The van der Waals surface area contributed by atoms with E-state index in [2.05, 4.69) is 22.3 Å². The lowest BCUT2D eigenvalue weighted by Crippen LogP contribution is -2.44. The zero-order chi connectivity index (χ0) is 16.9. The molecule has 5 heteroatoms. The average Bonchev–Trinajstić information content (AvgIpc) is 3.02. The number of para-hydroxylation sites is 1. The SMILES string of the molecule is O=C(O)CNC(=O)CN(c1ccccc1)C1Cc2ccccc2C1. The fourth-order valence-corrected chi connectivity index (χ4v) is 3.19. The number of hydrogen-bond donors (Lipinski definition) is 2. The summed E-state index contributed by atoms with van der Waals surface area (Å²) >= 11 is 0. The van der Waals surface area contributed by atoms with Gasteiger partial charge in [-0.15, -0.1) is 0 Å². The number of carboxylic acids is 1. The van der Waals surface area contributed by atoms with E-state index in [0.29, 0.717) is 0 Å². The summed E-state index contributed by atoms with van der Waals surface area (Å²) in [6.07, 6.45) is 1.77. The number of aliphatic carboxylic acids is 1. The molecule has 0 spiro atoms. The molecule has 0 atom stereocenters. The summed E-state index contributed by atoms with van der Waals surface area (Å²) in [5, 5.41) is 11.2. The zero-order valence-electron chi connectivity index (χ0n) is 13.3. The van der Waals surface area contributed by atoms with Crippen LogP contribution in [0.15, 0.2) is 54.6 Å². The van der Waals surface area contributed by atoms with E-state index in [4.69, 9.17) is 5.11 Å². The Morgan fingerprint density at radius 3 is 2.17 bits per heavy atom. The quantitative estimate of drug-likeness (QED) is 0.851. The van der Waals surface area contributed by atoms with E-state index < -0.39 is 5.97 Å². The Balaban J connectivity index is 1.77. The first-order chi connectivity index (χ1) is 11.6. The summed E-state index contributed by atoms with van der Waals surface area (Å²) in [5.41, 5.74) is 3.60. The largest absolute Gasteiger partial charge is 0.480 e. The monoisotopic (exact) mass is 324 g/mol. The average molecular weight is 324 g/mol. The minimum atomic E-state index is -1.04. The number of carbonyl (C=O) groups is 2. The van der Waals surface area contributed by atoms with Gasteiger partial charge >= 0.3 is 5.97 Å². The highest BCUT2D eigenvalue weighted by atomic mass is 16.4. The van der Waals surface area contributed by atoms with Crippen LogP contribution in [-0.2, 0) is 22.4 Å². The zero-order valence-corrected chi connectivity index (χ0v) is 13.3. The Morgan fingerprint density at radius 2 is 1.58 bits per heavy atom. The summed E-state index contributed by atoms with van der Waals surface area (Å²) in [7, 11) is 0. The Morgan fingerprint density at radius 1 is 1.00 bits per heavy atom. The standard InChI is InChI=1S/C19H20N2O3/c22-18(20-12-19(23)24)13-21(16-8-2-1-3-9-16)17-10-14-6-4-5-7-15(14)11-17/h1-9,17H,10-13H2,(H,20,22)(H,23,24). The molecule has 0 fully saturated rings. The van der Waals surface area contributed by atoms with Crippen molar-refractivity contribution >= 4 is 17.6 Å². The summed E-state index contributed by atoms with van der Waals surface area (Å²) in [5.74, 6) is -1.32. The number of anilines is 1. The van der Waals surface area contributed by atoms with Crippen molar-refractivity contribution in [2.45, 2.75) is 18.9 Å². The van der Waals surface area contributed by atoms with Gasteiger partial charge < -0.3 is 15.3 Å². The first kappa shape index (κ1) is 16.1. The number of nitrogens with one attached hydrogen (secondary N) is 1. The maximum atomic E-state index is 12.1. The van der Waals surface area contributed by atoms with Crippen LogP contribution in [-0.4, -0.2) is 36.1 Å². The van der Waals surface area contributed by atoms with Crippen molar-refractivity contribution in [1.82, 2.24) is 5.32 Å². The molecule has 1 aliphatic rings. The third-order valence-electron chi connectivity index (χ3n) is 4.31. The minimum absolute atomic E-state index is 0.149. The van der Waals surface area contributed by atoms with Crippen molar-refractivity contribution < 1.29 is 14.7 Å². The van der Waals surface area contributed by atoms with Crippen molar-refractivity contribution in [3.8, 4) is 0 Å². The van der Waals surface area contributed by atoms with E-state index in [1.165, 1.54) is 11.1 Å². The molecule has 5 nitrogen and oxygen atoms in total. The van der Waals surface area contributed by atoms with Crippen LogP contribution < -0.4 is 10.2 Å². The van der Waals surface area contributed by atoms with Crippen LogP contribution in [0.3, 0.4) is 0 Å². The molecule has 3 rings (SSSR count). The molecular weight excluding hydrogens is 304 g/mol. The number of amides is 1.